The number of hydrogen-bond donors (Lipinski definition) is 0. The van der Waals surface area contributed by atoms with Gasteiger partial charge >= 0.3 is 5.97 Å². The maximum atomic E-state index is 12.3. The third-order valence-electron chi connectivity index (χ3n) is 3.55. The number of ether oxygens (including phenoxy) is 2. The fourth-order valence-corrected chi connectivity index (χ4v) is 2.76. The summed E-state index contributed by atoms with van der Waals surface area (Å²) < 4.78 is 11.3. The zero-order chi connectivity index (χ0) is 16.9. The Kier molecular flexibility index (Phi) is 4.96. The zero-order valence-electron chi connectivity index (χ0n) is 13.0. The molecule has 0 aliphatic carbocycles. The summed E-state index contributed by atoms with van der Waals surface area (Å²) in [5.74, 6) is 0.660. The highest BCUT2D eigenvalue weighted by Crippen LogP contribution is 2.31. The molecule has 3 aromatic carbocycles. The van der Waals surface area contributed by atoms with Gasteiger partial charge in [0.1, 0.15) is 11.5 Å². The Labute approximate surface area is 149 Å². The molecule has 0 heterocycles. The van der Waals surface area contributed by atoms with Crippen LogP contribution in [0.4, 0.5) is 0 Å². The fourth-order valence-electron chi connectivity index (χ4n) is 2.30. The summed E-state index contributed by atoms with van der Waals surface area (Å²) in [6.07, 6.45) is 0. The number of halogens is 1. The van der Waals surface area contributed by atoms with Crippen molar-refractivity contribution in [3.63, 3.8) is 0 Å². The first-order valence-electron chi connectivity index (χ1n) is 7.38. The van der Waals surface area contributed by atoms with E-state index in [-0.39, 0.29) is 0 Å². The third-order valence-corrected chi connectivity index (χ3v) is 4.17. The van der Waals surface area contributed by atoms with Crippen molar-refractivity contribution in [1.82, 2.24) is 0 Å². The van der Waals surface area contributed by atoms with E-state index in [2.05, 4.69) is 15.9 Å². The molecule has 0 aliphatic rings. The van der Waals surface area contributed by atoms with E-state index >= 15 is 0 Å². The van der Waals surface area contributed by atoms with Gasteiger partial charge in [-0.2, -0.15) is 0 Å². The summed E-state index contributed by atoms with van der Waals surface area (Å²) in [5.41, 5.74) is 2.58. The molecule has 0 spiro atoms. The van der Waals surface area contributed by atoms with Crippen LogP contribution in [0.25, 0.3) is 11.1 Å². The average Bonchev–Trinajstić information content (AvgIpc) is 2.64. The van der Waals surface area contributed by atoms with Gasteiger partial charge in [-0.3, -0.25) is 0 Å². The van der Waals surface area contributed by atoms with Crippen molar-refractivity contribution in [3.8, 4) is 22.6 Å². The monoisotopic (exact) mass is 382 g/mol. The summed E-state index contributed by atoms with van der Waals surface area (Å²) in [5, 5.41) is 0. The number of rotatable bonds is 4. The fraction of sp³-hybridized carbons (Fsp3) is 0.0500. The first-order chi connectivity index (χ1) is 11.7. The summed E-state index contributed by atoms with van der Waals surface area (Å²) in [6, 6.07) is 22.5. The highest BCUT2D eigenvalue weighted by atomic mass is 79.9. The molecule has 0 saturated heterocycles. The van der Waals surface area contributed by atoms with E-state index in [1.165, 1.54) is 0 Å². The lowest BCUT2D eigenvalue weighted by molar-refractivity contribution is 0.0733. The van der Waals surface area contributed by atoms with Crippen molar-refractivity contribution in [3.05, 3.63) is 82.8 Å². The molecule has 0 saturated carbocycles. The van der Waals surface area contributed by atoms with Crippen LogP contribution in [0.2, 0.25) is 0 Å². The van der Waals surface area contributed by atoms with E-state index in [1.807, 2.05) is 42.5 Å². The Balaban J connectivity index is 1.81. The summed E-state index contributed by atoms with van der Waals surface area (Å²) in [7, 11) is 1.56. The van der Waals surface area contributed by atoms with Gasteiger partial charge in [-0.05, 0) is 57.4 Å². The van der Waals surface area contributed by atoms with E-state index in [9.17, 15) is 4.79 Å². The van der Waals surface area contributed by atoms with Gasteiger partial charge < -0.3 is 9.47 Å². The normalized spacial score (nSPS) is 10.2. The molecule has 120 valence electrons. The van der Waals surface area contributed by atoms with Gasteiger partial charge in [0.2, 0.25) is 0 Å². The van der Waals surface area contributed by atoms with Crippen LogP contribution >= 0.6 is 15.9 Å². The molecule has 0 bridgehead atoms. The van der Waals surface area contributed by atoms with Gasteiger partial charge in [0.15, 0.2) is 0 Å². The number of esters is 1. The third kappa shape index (κ3) is 3.66. The van der Waals surface area contributed by atoms with Crippen LogP contribution in [-0.2, 0) is 0 Å². The molecule has 3 aromatic rings. The number of benzene rings is 3. The van der Waals surface area contributed by atoms with Crippen LogP contribution < -0.4 is 9.47 Å². The van der Waals surface area contributed by atoms with Crippen molar-refractivity contribution < 1.29 is 14.3 Å². The molecule has 0 N–H and O–H groups in total. The highest BCUT2D eigenvalue weighted by molar-refractivity contribution is 9.10. The van der Waals surface area contributed by atoms with Crippen LogP contribution in [-0.4, -0.2) is 13.1 Å². The number of carbonyl (C=O) groups excluding carboxylic acids is 1. The van der Waals surface area contributed by atoms with Crippen LogP contribution in [0.5, 0.6) is 11.5 Å². The van der Waals surface area contributed by atoms with Crippen molar-refractivity contribution in [2.75, 3.05) is 7.11 Å². The van der Waals surface area contributed by atoms with Crippen molar-refractivity contribution in [2.24, 2.45) is 0 Å². The molecular weight excluding hydrogens is 368 g/mol. The maximum Gasteiger partial charge on any atom is 0.343 e. The van der Waals surface area contributed by atoms with E-state index in [4.69, 9.17) is 9.47 Å². The smallest absolute Gasteiger partial charge is 0.343 e. The molecule has 0 radical (unpaired) electrons. The lowest BCUT2D eigenvalue weighted by Gasteiger charge is -2.09. The topological polar surface area (TPSA) is 35.5 Å². The molecule has 0 amide bonds. The lowest BCUT2D eigenvalue weighted by atomic mass is 10.1. The number of carbonyl (C=O) groups is 1. The first kappa shape index (κ1) is 16.3. The van der Waals surface area contributed by atoms with Crippen molar-refractivity contribution in [2.45, 2.75) is 0 Å². The molecule has 0 unspecified atom stereocenters. The molecule has 3 nitrogen and oxygen atoms in total. The van der Waals surface area contributed by atoms with Crippen LogP contribution in [0.15, 0.2) is 77.3 Å². The second-order valence-corrected chi connectivity index (χ2v) is 5.99. The average molecular weight is 383 g/mol. The second-order valence-electron chi connectivity index (χ2n) is 5.13. The summed E-state index contributed by atoms with van der Waals surface area (Å²) in [6.45, 7) is 0. The van der Waals surface area contributed by atoms with Gasteiger partial charge in [0.25, 0.3) is 0 Å². The quantitative estimate of drug-likeness (QED) is 0.451. The first-order valence-corrected chi connectivity index (χ1v) is 8.18. The Morgan fingerprint density at radius 1 is 0.875 bits per heavy atom. The zero-order valence-corrected chi connectivity index (χ0v) is 14.6. The van der Waals surface area contributed by atoms with E-state index in [1.54, 1.807) is 37.4 Å². The van der Waals surface area contributed by atoms with E-state index in [0.717, 1.165) is 15.6 Å². The largest absolute Gasteiger partial charge is 0.497 e. The minimum atomic E-state index is -0.429. The van der Waals surface area contributed by atoms with Crippen molar-refractivity contribution in [1.29, 1.82) is 0 Å². The predicted octanol–water partition coefficient (Wildman–Crippen LogP) is 5.34. The molecule has 3 rings (SSSR count). The SMILES string of the molecule is COc1cccc(C(=O)Oc2ccc(-c3ccccc3)cc2Br)c1. The molecule has 0 aromatic heterocycles. The minimum absolute atomic E-state index is 0.429. The molecular formula is C20H15BrO3. The molecule has 0 fully saturated rings. The molecule has 0 aliphatic heterocycles. The van der Waals surface area contributed by atoms with E-state index in [0.29, 0.717) is 17.1 Å². The van der Waals surface area contributed by atoms with Crippen LogP contribution in [0.1, 0.15) is 10.4 Å². The Bertz CT molecular complexity index is 860. The molecule has 24 heavy (non-hydrogen) atoms. The summed E-state index contributed by atoms with van der Waals surface area (Å²) in [4.78, 5) is 12.3. The second kappa shape index (κ2) is 7.32. The highest BCUT2D eigenvalue weighted by Gasteiger charge is 2.12. The molecule has 4 heteroatoms. The predicted molar refractivity (Wildman–Crippen MR) is 97.5 cm³/mol. The maximum absolute atomic E-state index is 12.3. The lowest BCUT2D eigenvalue weighted by Crippen LogP contribution is -2.08. The van der Waals surface area contributed by atoms with Gasteiger partial charge in [0, 0.05) is 0 Å². The Hall–Kier alpha value is -2.59. The molecule has 0 atom stereocenters. The Morgan fingerprint density at radius 3 is 2.38 bits per heavy atom. The van der Waals surface area contributed by atoms with Gasteiger partial charge in [-0.15, -0.1) is 0 Å². The van der Waals surface area contributed by atoms with Crippen molar-refractivity contribution >= 4 is 21.9 Å². The minimum Gasteiger partial charge on any atom is -0.497 e. The van der Waals surface area contributed by atoms with Gasteiger partial charge in [0.05, 0.1) is 17.1 Å². The van der Waals surface area contributed by atoms with Crippen LogP contribution in [0.3, 0.4) is 0 Å². The van der Waals surface area contributed by atoms with Crippen LogP contribution in [0, 0.1) is 0 Å². The summed E-state index contributed by atoms with van der Waals surface area (Å²) >= 11 is 3.47. The number of hydrogen-bond acceptors (Lipinski definition) is 3. The Morgan fingerprint density at radius 2 is 1.67 bits per heavy atom. The van der Waals surface area contributed by atoms with E-state index < -0.39 is 5.97 Å². The van der Waals surface area contributed by atoms with Gasteiger partial charge in [-0.1, -0.05) is 42.5 Å². The standard InChI is InChI=1S/C20H15BrO3/c1-23-17-9-5-8-16(12-17)20(22)24-19-11-10-15(13-18(19)21)14-6-3-2-4-7-14/h2-13H,1H3. The van der Waals surface area contributed by atoms with Gasteiger partial charge in [-0.25, -0.2) is 4.79 Å². The number of methoxy groups -OCH3 is 1.